The van der Waals surface area contributed by atoms with Crippen molar-refractivity contribution in [3.8, 4) is 0 Å². The molecular weight excluding hydrogens is 298 g/mol. The van der Waals surface area contributed by atoms with Gasteiger partial charge in [0.1, 0.15) is 16.1 Å². The van der Waals surface area contributed by atoms with Crippen LogP contribution in [0.15, 0.2) is 43.8 Å². The summed E-state index contributed by atoms with van der Waals surface area (Å²) in [5.74, 6) is 0. The van der Waals surface area contributed by atoms with Crippen molar-refractivity contribution in [2.24, 2.45) is 4.99 Å². The summed E-state index contributed by atoms with van der Waals surface area (Å²) in [6, 6.07) is 7.76. The first-order valence-electron chi connectivity index (χ1n) is 6.72. The highest BCUT2D eigenvalue weighted by atomic mass is 32.1. The molecule has 2 aromatic heterocycles. The highest BCUT2D eigenvalue weighted by Crippen LogP contribution is 2.08. The first-order chi connectivity index (χ1) is 10.7. The zero-order chi connectivity index (χ0) is 15.1. The zero-order valence-corrected chi connectivity index (χ0v) is 12.5. The number of para-hydroxylation sites is 1. The molecule has 1 aliphatic heterocycles. The third kappa shape index (κ3) is 2.23. The Labute approximate surface area is 128 Å². The largest absolute Gasteiger partial charge is 0.402 e. The molecule has 0 saturated heterocycles. The highest BCUT2D eigenvalue weighted by molar-refractivity contribution is 7.10. The van der Waals surface area contributed by atoms with Crippen molar-refractivity contribution in [2.75, 3.05) is 0 Å². The number of benzene rings is 1. The van der Waals surface area contributed by atoms with Gasteiger partial charge in [0.15, 0.2) is 0 Å². The average Bonchev–Trinajstić information content (AvgIpc) is 3.19. The van der Waals surface area contributed by atoms with E-state index in [1.54, 1.807) is 6.08 Å². The third-order valence-corrected chi connectivity index (χ3v) is 4.18. The van der Waals surface area contributed by atoms with Crippen LogP contribution in [0.5, 0.6) is 0 Å². The highest BCUT2D eigenvalue weighted by Gasteiger charge is 2.06. The van der Waals surface area contributed by atoms with Crippen LogP contribution in [0.1, 0.15) is 10.7 Å². The van der Waals surface area contributed by atoms with E-state index in [0.717, 1.165) is 21.3 Å². The molecule has 0 saturated carbocycles. The number of aromatic nitrogens is 2. The van der Waals surface area contributed by atoms with Crippen LogP contribution in [-0.2, 0) is 0 Å². The Morgan fingerprint density at radius 1 is 1.32 bits per heavy atom. The monoisotopic (exact) mass is 309 g/mol. The van der Waals surface area contributed by atoms with Crippen molar-refractivity contribution >= 4 is 29.2 Å². The van der Waals surface area contributed by atoms with Gasteiger partial charge in [0.25, 0.3) is 0 Å². The number of aromatic amines is 1. The minimum absolute atomic E-state index is 0.362. The van der Waals surface area contributed by atoms with Gasteiger partial charge in [0, 0.05) is 22.4 Å². The van der Waals surface area contributed by atoms with E-state index in [2.05, 4.69) is 15.0 Å². The van der Waals surface area contributed by atoms with Gasteiger partial charge in [-0.3, -0.25) is 0 Å². The van der Waals surface area contributed by atoms with Crippen LogP contribution in [0.4, 0.5) is 0 Å². The molecule has 1 aromatic carbocycles. The Balaban J connectivity index is 1.92. The third-order valence-electron chi connectivity index (χ3n) is 3.27. The number of rotatable bonds is 1. The summed E-state index contributed by atoms with van der Waals surface area (Å²) in [5, 5.41) is 4.95. The summed E-state index contributed by atoms with van der Waals surface area (Å²) >= 11 is 1.48. The van der Waals surface area contributed by atoms with E-state index in [-0.39, 0.29) is 0 Å². The standard InChI is InChI=1S/C16H11N3O2S/c1-9-8-22-14(17-9)7-13-16(20)21-15(19-13)12-6-10-4-2-3-5-11(10)18-12/h2-8,19H,1H3/b13-7-,15-12-. The Morgan fingerprint density at radius 2 is 2.18 bits per heavy atom. The lowest BCUT2D eigenvalue weighted by Crippen LogP contribution is -2.21. The van der Waals surface area contributed by atoms with Crippen LogP contribution in [0.25, 0.3) is 17.8 Å². The number of H-pyrrole nitrogens is 1. The van der Waals surface area contributed by atoms with E-state index < -0.39 is 5.63 Å². The Morgan fingerprint density at radius 3 is 2.95 bits per heavy atom. The van der Waals surface area contributed by atoms with Crippen LogP contribution in [0.2, 0.25) is 0 Å². The molecule has 22 heavy (non-hydrogen) atoms. The summed E-state index contributed by atoms with van der Waals surface area (Å²) in [6.07, 6.45) is 3.58. The van der Waals surface area contributed by atoms with E-state index in [1.807, 2.05) is 42.6 Å². The molecule has 1 aliphatic rings. The van der Waals surface area contributed by atoms with Gasteiger partial charge < -0.3 is 9.40 Å². The first-order valence-corrected chi connectivity index (χ1v) is 7.60. The van der Waals surface area contributed by atoms with E-state index in [9.17, 15) is 4.79 Å². The Hall–Kier alpha value is -2.73. The fourth-order valence-corrected chi connectivity index (χ4v) is 2.98. The van der Waals surface area contributed by atoms with Crippen molar-refractivity contribution in [3.05, 3.63) is 72.2 Å². The van der Waals surface area contributed by atoms with Crippen LogP contribution < -0.4 is 27.1 Å². The number of aryl methyl sites for hydroxylation is 1. The normalized spacial score (nSPS) is 16.3. The predicted octanol–water partition coefficient (Wildman–Crippen LogP) is -0.216. The molecule has 0 aliphatic carbocycles. The van der Waals surface area contributed by atoms with Crippen LogP contribution in [0.3, 0.4) is 0 Å². The molecule has 4 rings (SSSR count). The van der Waals surface area contributed by atoms with Gasteiger partial charge in [-0.1, -0.05) is 18.2 Å². The smallest absolute Gasteiger partial charge is 0.361 e. The quantitative estimate of drug-likeness (QED) is 0.676. The van der Waals surface area contributed by atoms with Crippen molar-refractivity contribution in [2.45, 2.75) is 6.92 Å². The van der Waals surface area contributed by atoms with Crippen molar-refractivity contribution in [1.29, 1.82) is 0 Å². The Kier molecular flexibility index (Phi) is 2.90. The second kappa shape index (κ2) is 4.92. The van der Waals surface area contributed by atoms with Gasteiger partial charge in [-0.25, -0.2) is 14.8 Å². The maximum atomic E-state index is 12.0. The molecular formula is C16H11N3O2S. The lowest BCUT2D eigenvalue weighted by Gasteiger charge is -1.82. The molecule has 0 amide bonds. The molecule has 0 spiro atoms. The molecule has 6 heteroatoms. The first kappa shape index (κ1) is 13.0. The molecule has 108 valence electrons. The maximum Gasteiger partial charge on any atom is 0.361 e. The second-order valence-electron chi connectivity index (χ2n) is 4.93. The molecule has 0 fully saturated rings. The van der Waals surface area contributed by atoms with E-state index in [0.29, 0.717) is 16.6 Å². The SMILES string of the molecule is Cc1csc(/C=c2\[nH]/c(=C3\C=c4ccccc4=N3)oc2=O)n1. The fraction of sp³-hybridized carbons (Fsp3) is 0.0625. The summed E-state index contributed by atoms with van der Waals surface area (Å²) < 4.78 is 5.28. The molecule has 0 radical (unpaired) electrons. The summed E-state index contributed by atoms with van der Waals surface area (Å²) in [5.41, 5.74) is 1.49. The van der Waals surface area contributed by atoms with Gasteiger partial charge in [-0.15, -0.1) is 11.3 Å². The second-order valence-corrected chi connectivity index (χ2v) is 5.82. The summed E-state index contributed by atoms with van der Waals surface area (Å²) in [6.45, 7) is 1.91. The number of fused-ring (bicyclic) bond motifs is 1. The number of nitrogens with zero attached hydrogens (tertiary/aromatic N) is 2. The van der Waals surface area contributed by atoms with Gasteiger partial charge in [-0.2, -0.15) is 0 Å². The van der Waals surface area contributed by atoms with Gasteiger partial charge in [0.05, 0.1) is 5.36 Å². The van der Waals surface area contributed by atoms with Crippen LogP contribution in [-0.4, -0.2) is 9.97 Å². The van der Waals surface area contributed by atoms with Gasteiger partial charge in [0.2, 0.25) is 5.55 Å². The minimum Gasteiger partial charge on any atom is -0.402 e. The zero-order valence-electron chi connectivity index (χ0n) is 11.7. The number of oxazole rings is 1. The van der Waals surface area contributed by atoms with Gasteiger partial charge >= 0.3 is 5.63 Å². The number of nitrogens with one attached hydrogen (secondary N) is 1. The fourth-order valence-electron chi connectivity index (χ4n) is 2.26. The molecule has 0 unspecified atom stereocenters. The summed E-state index contributed by atoms with van der Waals surface area (Å²) in [7, 11) is 0. The number of thiazole rings is 1. The van der Waals surface area contributed by atoms with E-state index in [4.69, 9.17) is 4.42 Å². The Bertz CT molecular complexity index is 1130. The molecule has 3 aromatic rings. The molecule has 1 N–H and O–H groups in total. The van der Waals surface area contributed by atoms with Gasteiger partial charge in [-0.05, 0) is 19.1 Å². The maximum absolute atomic E-state index is 12.0. The van der Waals surface area contributed by atoms with Crippen molar-refractivity contribution in [3.63, 3.8) is 0 Å². The van der Waals surface area contributed by atoms with Crippen LogP contribution >= 0.6 is 11.3 Å². The van der Waals surface area contributed by atoms with Crippen molar-refractivity contribution < 1.29 is 4.42 Å². The van der Waals surface area contributed by atoms with Crippen LogP contribution in [0, 0.1) is 6.92 Å². The molecule has 5 nitrogen and oxygen atoms in total. The van der Waals surface area contributed by atoms with Crippen molar-refractivity contribution in [1.82, 2.24) is 9.97 Å². The molecule has 0 atom stereocenters. The summed E-state index contributed by atoms with van der Waals surface area (Å²) in [4.78, 5) is 23.7. The predicted molar refractivity (Wildman–Crippen MR) is 84.1 cm³/mol. The number of hydrogen-bond acceptors (Lipinski definition) is 5. The minimum atomic E-state index is -0.421. The lowest BCUT2D eigenvalue weighted by atomic mass is 10.3. The average molecular weight is 309 g/mol. The topological polar surface area (TPSA) is 71.2 Å². The number of hydrogen-bond donors (Lipinski definition) is 1. The van der Waals surface area contributed by atoms with E-state index >= 15 is 0 Å². The molecule has 0 bridgehead atoms. The van der Waals surface area contributed by atoms with E-state index in [1.165, 1.54) is 11.3 Å². The lowest BCUT2D eigenvalue weighted by molar-refractivity contribution is 0.484. The molecule has 3 heterocycles.